The van der Waals surface area contributed by atoms with Crippen LogP contribution in [0, 0.1) is 0 Å². The Morgan fingerprint density at radius 1 is 1.50 bits per heavy atom. The van der Waals surface area contributed by atoms with Crippen LogP contribution < -0.4 is 10.4 Å². The van der Waals surface area contributed by atoms with Crippen molar-refractivity contribution >= 4 is 26.8 Å². The molecule has 0 aliphatic heterocycles. The van der Waals surface area contributed by atoms with E-state index in [1.165, 1.54) is 16.5 Å². The first-order chi connectivity index (χ1) is 6.63. The van der Waals surface area contributed by atoms with Crippen LogP contribution in [0.4, 0.5) is 0 Å². The average Bonchev–Trinajstić information content (AvgIpc) is 2.58. The van der Waals surface area contributed by atoms with Gasteiger partial charge < -0.3 is 9.40 Å². The number of pyridine rings is 1. The summed E-state index contributed by atoms with van der Waals surface area (Å²) in [6, 6.07) is 0. The molecule has 6 heteroatoms. The molecule has 0 N–H and O–H groups in total. The fourth-order valence-corrected chi connectivity index (χ4v) is 1.86. The van der Waals surface area contributed by atoms with Gasteiger partial charge in [0, 0.05) is 13.2 Å². The van der Waals surface area contributed by atoms with Crippen molar-refractivity contribution < 1.29 is 4.84 Å². The Hall–Kier alpha value is -1.30. The van der Waals surface area contributed by atoms with Crippen LogP contribution in [0.3, 0.4) is 0 Å². The molecule has 0 bridgehead atoms. The van der Waals surface area contributed by atoms with E-state index in [4.69, 9.17) is 4.84 Å². The van der Waals surface area contributed by atoms with Crippen LogP contribution in [0.1, 0.15) is 0 Å². The quantitative estimate of drug-likeness (QED) is 0.750. The maximum absolute atomic E-state index is 11.6. The fraction of sp³-hybridized carbons (Fsp3) is 0.250. The lowest BCUT2D eigenvalue weighted by Crippen LogP contribution is -2.15. The molecule has 2 aromatic rings. The van der Waals surface area contributed by atoms with Crippen LogP contribution >= 0.6 is 15.9 Å². The van der Waals surface area contributed by atoms with Crippen molar-refractivity contribution in [3.63, 3.8) is 0 Å². The van der Waals surface area contributed by atoms with Gasteiger partial charge in [-0.25, -0.2) is 0 Å². The summed E-state index contributed by atoms with van der Waals surface area (Å²) >= 11 is 3.33. The van der Waals surface area contributed by atoms with E-state index in [1.54, 1.807) is 19.4 Å². The number of aryl methyl sites for hydroxylation is 1. The predicted octanol–water partition coefficient (Wildman–Crippen LogP) is 0.556. The van der Waals surface area contributed by atoms with E-state index >= 15 is 0 Å². The van der Waals surface area contributed by atoms with Crippen LogP contribution in [0.5, 0.6) is 0 Å². The average molecular weight is 258 g/mol. The van der Waals surface area contributed by atoms with Gasteiger partial charge in [0.15, 0.2) is 0 Å². The third-order valence-electron chi connectivity index (χ3n) is 1.96. The van der Waals surface area contributed by atoms with Crippen molar-refractivity contribution in [1.29, 1.82) is 0 Å². The maximum Gasteiger partial charge on any atom is 0.261 e. The lowest BCUT2D eigenvalue weighted by Gasteiger charge is -1.97. The van der Waals surface area contributed by atoms with Gasteiger partial charge in [0.25, 0.3) is 5.56 Å². The second-order valence-corrected chi connectivity index (χ2v) is 3.72. The molecule has 2 rings (SSSR count). The number of fused-ring (bicyclic) bond motifs is 1. The Morgan fingerprint density at radius 3 is 2.86 bits per heavy atom. The van der Waals surface area contributed by atoms with Gasteiger partial charge in [0.2, 0.25) is 0 Å². The van der Waals surface area contributed by atoms with E-state index in [0.29, 0.717) is 10.9 Å². The first kappa shape index (κ1) is 9.26. The van der Waals surface area contributed by atoms with Crippen LogP contribution in [-0.4, -0.2) is 21.6 Å². The summed E-state index contributed by atoms with van der Waals surface area (Å²) < 4.78 is 2.26. The minimum atomic E-state index is -0.0912. The van der Waals surface area contributed by atoms with E-state index in [-0.39, 0.29) is 5.56 Å². The number of aromatic nitrogens is 3. The number of hydrogen-bond acceptors (Lipinski definition) is 3. The summed E-state index contributed by atoms with van der Waals surface area (Å²) in [4.78, 5) is 17.8. The number of nitrogens with zero attached hydrogens (tertiary/aromatic N) is 3. The van der Waals surface area contributed by atoms with Gasteiger partial charge in [-0.15, -0.1) is 9.94 Å². The van der Waals surface area contributed by atoms with Gasteiger partial charge in [-0.05, 0) is 15.9 Å². The van der Waals surface area contributed by atoms with Crippen LogP contribution in [0.15, 0.2) is 21.7 Å². The molecular formula is C8H8BrN3O2. The van der Waals surface area contributed by atoms with E-state index in [9.17, 15) is 4.79 Å². The van der Waals surface area contributed by atoms with Gasteiger partial charge >= 0.3 is 0 Å². The molecular weight excluding hydrogens is 250 g/mol. The Labute approximate surface area is 88.0 Å². The summed E-state index contributed by atoms with van der Waals surface area (Å²) in [6.45, 7) is 0. The van der Waals surface area contributed by atoms with Gasteiger partial charge in [0.05, 0.1) is 16.1 Å². The molecule has 0 aromatic carbocycles. The highest BCUT2D eigenvalue weighted by Gasteiger charge is 2.09. The molecule has 0 fully saturated rings. The van der Waals surface area contributed by atoms with Crippen molar-refractivity contribution in [3.05, 3.63) is 27.2 Å². The molecule has 74 valence electrons. The van der Waals surface area contributed by atoms with Crippen molar-refractivity contribution in [1.82, 2.24) is 14.5 Å². The largest absolute Gasteiger partial charge is 0.400 e. The van der Waals surface area contributed by atoms with Gasteiger partial charge in [-0.1, -0.05) is 0 Å². The van der Waals surface area contributed by atoms with Crippen molar-refractivity contribution in [2.45, 2.75) is 0 Å². The zero-order valence-corrected chi connectivity index (χ0v) is 9.28. The van der Waals surface area contributed by atoms with Gasteiger partial charge in [0.1, 0.15) is 12.6 Å². The van der Waals surface area contributed by atoms with E-state index in [2.05, 4.69) is 21.0 Å². The van der Waals surface area contributed by atoms with Gasteiger partial charge in [-0.3, -0.25) is 4.79 Å². The second-order valence-electron chi connectivity index (χ2n) is 2.87. The molecule has 0 unspecified atom stereocenters. The summed E-state index contributed by atoms with van der Waals surface area (Å²) in [7, 11) is 3.18. The molecule has 2 heterocycles. The monoisotopic (exact) mass is 257 g/mol. The Kier molecular flexibility index (Phi) is 2.07. The third-order valence-corrected chi connectivity index (χ3v) is 2.54. The topological polar surface area (TPSA) is 49.0 Å². The molecule has 0 aliphatic rings. The molecule has 0 spiro atoms. The Morgan fingerprint density at radius 2 is 2.21 bits per heavy atom. The zero-order valence-electron chi connectivity index (χ0n) is 7.69. The first-order valence-electron chi connectivity index (χ1n) is 3.92. The fourth-order valence-electron chi connectivity index (χ4n) is 1.26. The Bertz CT molecular complexity index is 543. The lowest BCUT2D eigenvalue weighted by atomic mass is 10.3. The van der Waals surface area contributed by atoms with Crippen LogP contribution in [-0.2, 0) is 7.05 Å². The normalized spacial score (nSPS) is 10.8. The van der Waals surface area contributed by atoms with Crippen molar-refractivity contribution in [2.75, 3.05) is 7.11 Å². The lowest BCUT2D eigenvalue weighted by molar-refractivity contribution is 0.136. The Balaban J connectivity index is 2.91. The second kappa shape index (κ2) is 3.13. The van der Waals surface area contributed by atoms with E-state index in [0.717, 1.165) is 4.47 Å². The minimum absolute atomic E-state index is 0.0912. The van der Waals surface area contributed by atoms with E-state index < -0.39 is 0 Å². The molecule has 0 saturated heterocycles. The summed E-state index contributed by atoms with van der Waals surface area (Å²) in [5.74, 6) is 0. The van der Waals surface area contributed by atoms with Crippen molar-refractivity contribution in [3.8, 4) is 0 Å². The molecule has 2 aromatic heterocycles. The summed E-state index contributed by atoms with van der Waals surface area (Å²) in [5.41, 5.74) is 0.515. The highest BCUT2D eigenvalue weighted by molar-refractivity contribution is 9.10. The molecule has 0 aliphatic carbocycles. The number of hydrogen-bond donors (Lipinski definition) is 0. The SMILES string of the molecule is COn1cc2c(=O)n(C)cc(Br)c2n1. The summed E-state index contributed by atoms with van der Waals surface area (Å²) in [6.07, 6.45) is 3.24. The molecule has 0 atom stereocenters. The molecule has 0 radical (unpaired) electrons. The highest BCUT2D eigenvalue weighted by Crippen LogP contribution is 2.18. The molecule has 14 heavy (non-hydrogen) atoms. The molecule has 0 saturated carbocycles. The summed E-state index contributed by atoms with van der Waals surface area (Å²) in [5, 5.41) is 4.60. The van der Waals surface area contributed by atoms with E-state index in [1.807, 2.05) is 0 Å². The first-order valence-corrected chi connectivity index (χ1v) is 4.72. The highest BCUT2D eigenvalue weighted by atomic mass is 79.9. The predicted molar refractivity (Wildman–Crippen MR) is 55.2 cm³/mol. The zero-order chi connectivity index (χ0) is 10.3. The standard InChI is InChI=1S/C8H8BrN3O2/c1-11-4-6(9)7-5(8(11)13)3-12(10-7)14-2/h3-4H,1-2H3. The number of rotatable bonds is 1. The maximum atomic E-state index is 11.6. The van der Waals surface area contributed by atoms with Gasteiger partial charge in [-0.2, -0.15) is 0 Å². The van der Waals surface area contributed by atoms with Crippen LogP contribution in [0.25, 0.3) is 10.9 Å². The third kappa shape index (κ3) is 1.22. The number of halogens is 1. The van der Waals surface area contributed by atoms with Crippen LogP contribution in [0.2, 0.25) is 0 Å². The molecule has 5 nitrogen and oxygen atoms in total. The molecule has 0 amide bonds. The minimum Gasteiger partial charge on any atom is -0.400 e. The van der Waals surface area contributed by atoms with Crippen molar-refractivity contribution in [2.24, 2.45) is 7.05 Å². The smallest absolute Gasteiger partial charge is 0.261 e.